The fraction of sp³-hybridized carbons (Fsp3) is 0. The first-order valence-corrected chi connectivity index (χ1v) is 6.89. The highest BCUT2D eigenvalue weighted by Gasteiger charge is 2.12. The summed E-state index contributed by atoms with van der Waals surface area (Å²) in [6, 6.07) is 10.2. The summed E-state index contributed by atoms with van der Waals surface area (Å²) >= 11 is 12.4. The molecule has 3 nitrogen and oxygen atoms in total. The molecule has 0 amide bonds. The molecule has 1 aromatic heterocycles. The van der Waals surface area contributed by atoms with E-state index in [-0.39, 0.29) is 5.56 Å². The fourth-order valence-electron chi connectivity index (χ4n) is 2.26. The maximum Gasteiger partial charge on any atom is 0.335 e. The van der Waals surface area contributed by atoms with Crippen LogP contribution in [0.25, 0.3) is 21.9 Å². The molecule has 0 spiro atoms. The monoisotopic (exact) mass is 317 g/mol. The number of aromatic nitrogens is 1. The molecule has 0 saturated carbocycles. The molecule has 2 aromatic carbocycles. The number of carbonyl (C=O) groups is 1. The highest BCUT2D eigenvalue weighted by molar-refractivity contribution is 6.45. The number of fused-ring (bicyclic) bond motifs is 1. The van der Waals surface area contributed by atoms with Crippen molar-refractivity contribution in [1.82, 2.24) is 4.98 Å². The molecule has 0 bridgehead atoms. The smallest absolute Gasteiger partial charge is 0.335 e. The van der Waals surface area contributed by atoms with Gasteiger partial charge in [-0.2, -0.15) is 0 Å². The Hall–Kier alpha value is -2.10. The van der Waals surface area contributed by atoms with Gasteiger partial charge in [0.2, 0.25) is 0 Å². The number of nitrogens with zero attached hydrogens (tertiary/aromatic N) is 1. The number of halogens is 2. The van der Waals surface area contributed by atoms with Gasteiger partial charge in [0.15, 0.2) is 0 Å². The van der Waals surface area contributed by atoms with Gasteiger partial charge >= 0.3 is 5.97 Å². The first-order valence-electron chi connectivity index (χ1n) is 6.13. The lowest BCUT2D eigenvalue weighted by atomic mass is 9.98. The van der Waals surface area contributed by atoms with Crippen LogP contribution in [0.2, 0.25) is 10.0 Å². The molecule has 0 aliphatic carbocycles. The molecule has 0 fully saturated rings. The lowest BCUT2D eigenvalue weighted by molar-refractivity contribution is 0.0697. The molecule has 0 aliphatic rings. The average Bonchev–Trinajstić information content (AvgIpc) is 2.51. The van der Waals surface area contributed by atoms with Gasteiger partial charge in [0.25, 0.3) is 0 Å². The normalized spacial score (nSPS) is 10.8. The predicted octanol–water partition coefficient (Wildman–Crippen LogP) is 4.91. The Bertz CT molecular complexity index is 862. The van der Waals surface area contributed by atoms with Crippen molar-refractivity contribution in [3.8, 4) is 11.1 Å². The third-order valence-corrected chi connectivity index (χ3v) is 4.05. The lowest BCUT2D eigenvalue weighted by Crippen LogP contribution is -1.96. The summed E-state index contributed by atoms with van der Waals surface area (Å²) < 4.78 is 0. The van der Waals surface area contributed by atoms with Crippen LogP contribution >= 0.6 is 23.2 Å². The Labute approximate surface area is 130 Å². The zero-order chi connectivity index (χ0) is 15.0. The van der Waals surface area contributed by atoms with Crippen LogP contribution in [0.1, 0.15) is 10.4 Å². The second kappa shape index (κ2) is 5.35. The van der Waals surface area contributed by atoms with Crippen molar-refractivity contribution >= 4 is 39.9 Å². The SMILES string of the molecule is O=C(O)c1cccc(-c2cc(Cl)c(Cl)c3ccncc23)c1. The van der Waals surface area contributed by atoms with E-state index in [0.717, 1.165) is 21.9 Å². The highest BCUT2D eigenvalue weighted by atomic mass is 35.5. The second-order valence-electron chi connectivity index (χ2n) is 4.53. The van der Waals surface area contributed by atoms with Crippen LogP contribution in [0.3, 0.4) is 0 Å². The maximum absolute atomic E-state index is 11.1. The molecule has 0 atom stereocenters. The van der Waals surface area contributed by atoms with Crippen LogP contribution in [0.5, 0.6) is 0 Å². The minimum absolute atomic E-state index is 0.218. The Morgan fingerprint density at radius 1 is 1.10 bits per heavy atom. The minimum atomic E-state index is -0.973. The summed E-state index contributed by atoms with van der Waals surface area (Å²) in [5, 5.41) is 11.6. The lowest BCUT2D eigenvalue weighted by Gasteiger charge is -2.10. The van der Waals surface area contributed by atoms with Crippen molar-refractivity contribution in [2.75, 3.05) is 0 Å². The molecule has 1 N–H and O–H groups in total. The summed E-state index contributed by atoms with van der Waals surface area (Å²) in [6.07, 6.45) is 3.34. The number of benzene rings is 2. The Balaban J connectivity index is 2.33. The summed E-state index contributed by atoms with van der Waals surface area (Å²) in [7, 11) is 0. The number of hydrogen-bond acceptors (Lipinski definition) is 2. The number of carboxylic acid groups (broad SMARTS) is 1. The van der Waals surface area contributed by atoms with E-state index in [0.29, 0.717) is 10.0 Å². The second-order valence-corrected chi connectivity index (χ2v) is 5.31. The summed E-state index contributed by atoms with van der Waals surface area (Å²) in [5.74, 6) is -0.973. The van der Waals surface area contributed by atoms with E-state index >= 15 is 0 Å². The van der Waals surface area contributed by atoms with Crippen molar-refractivity contribution in [3.05, 3.63) is 64.4 Å². The quantitative estimate of drug-likeness (QED) is 0.730. The molecule has 1 heterocycles. The van der Waals surface area contributed by atoms with Gasteiger partial charge in [-0.05, 0) is 35.4 Å². The molecule has 104 valence electrons. The zero-order valence-electron chi connectivity index (χ0n) is 10.7. The molecule has 0 aliphatic heterocycles. The van der Waals surface area contributed by atoms with Gasteiger partial charge in [-0.15, -0.1) is 0 Å². The van der Waals surface area contributed by atoms with Gasteiger partial charge in [-0.1, -0.05) is 35.3 Å². The van der Waals surface area contributed by atoms with Crippen molar-refractivity contribution in [2.24, 2.45) is 0 Å². The molecule has 3 rings (SSSR count). The molecule has 0 radical (unpaired) electrons. The number of pyridine rings is 1. The van der Waals surface area contributed by atoms with Crippen molar-refractivity contribution in [3.63, 3.8) is 0 Å². The summed E-state index contributed by atoms with van der Waals surface area (Å²) in [6.45, 7) is 0. The summed E-state index contributed by atoms with van der Waals surface area (Å²) in [4.78, 5) is 15.2. The van der Waals surface area contributed by atoms with E-state index in [2.05, 4.69) is 4.98 Å². The Morgan fingerprint density at radius 2 is 1.90 bits per heavy atom. The molecular weight excluding hydrogens is 309 g/mol. The largest absolute Gasteiger partial charge is 0.478 e. The molecule has 3 aromatic rings. The van der Waals surface area contributed by atoms with E-state index in [1.807, 2.05) is 6.07 Å². The molecule has 0 saturated heterocycles. The predicted molar refractivity (Wildman–Crippen MR) is 84.2 cm³/mol. The van der Waals surface area contributed by atoms with Crippen molar-refractivity contribution < 1.29 is 9.90 Å². The number of hydrogen-bond donors (Lipinski definition) is 1. The number of rotatable bonds is 2. The van der Waals surface area contributed by atoms with Gasteiger partial charge in [-0.25, -0.2) is 4.79 Å². The fourth-order valence-corrected chi connectivity index (χ4v) is 2.69. The highest BCUT2D eigenvalue weighted by Crippen LogP contribution is 2.37. The molecule has 0 unspecified atom stereocenters. The van der Waals surface area contributed by atoms with Gasteiger partial charge in [0, 0.05) is 23.2 Å². The standard InChI is InChI=1S/C16H9Cl2NO2/c17-14-7-12(9-2-1-3-10(6-9)16(20)21)13-8-19-5-4-11(13)15(14)18/h1-8H,(H,20,21). The number of aromatic carboxylic acids is 1. The van der Waals surface area contributed by atoms with Gasteiger partial charge < -0.3 is 5.11 Å². The Morgan fingerprint density at radius 3 is 2.67 bits per heavy atom. The van der Waals surface area contributed by atoms with Crippen molar-refractivity contribution in [2.45, 2.75) is 0 Å². The first kappa shape index (κ1) is 13.9. The van der Waals surface area contributed by atoms with Crippen LogP contribution in [-0.2, 0) is 0 Å². The minimum Gasteiger partial charge on any atom is -0.478 e. The average molecular weight is 318 g/mol. The number of carboxylic acids is 1. The van der Waals surface area contributed by atoms with Gasteiger partial charge in [0.1, 0.15) is 0 Å². The van der Waals surface area contributed by atoms with Gasteiger partial charge in [-0.3, -0.25) is 4.98 Å². The van der Waals surface area contributed by atoms with E-state index < -0.39 is 5.97 Å². The third kappa shape index (κ3) is 2.46. The molecule has 21 heavy (non-hydrogen) atoms. The Kier molecular flexibility index (Phi) is 3.53. The van der Waals surface area contributed by atoms with Crippen LogP contribution in [0.15, 0.2) is 48.8 Å². The van der Waals surface area contributed by atoms with E-state index in [1.54, 1.807) is 42.7 Å². The van der Waals surface area contributed by atoms with E-state index in [9.17, 15) is 4.79 Å². The summed E-state index contributed by atoms with van der Waals surface area (Å²) in [5.41, 5.74) is 1.78. The molecule has 5 heteroatoms. The van der Waals surface area contributed by atoms with Crippen LogP contribution in [0.4, 0.5) is 0 Å². The van der Waals surface area contributed by atoms with E-state index in [4.69, 9.17) is 28.3 Å². The van der Waals surface area contributed by atoms with E-state index in [1.165, 1.54) is 0 Å². The third-order valence-electron chi connectivity index (χ3n) is 3.25. The van der Waals surface area contributed by atoms with Crippen molar-refractivity contribution in [1.29, 1.82) is 0 Å². The zero-order valence-corrected chi connectivity index (χ0v) is 12.2. The van der Waals surface area contributed by atoms with Gasteiger partial charge in [0.05, 0.1) is 15.6 Å². The van der Waals surface area contributed by atoms with Crippen LogP contribution in [-0.4, -0.2) is 16.1 Å². The molecular formula is C16H9Cl2NO2. The maximum atomic E-state index is 11.1. The first-order chi connectivity index (χ1) is 10.1. The van der Waals surface area contributed by atoms with Crippen LogP contribution < -0.4 is 0 Å². The van der Waals surface area contributed by atoms with Crippen LogP contribution in [0, 0.1) is 0 Å². The topological polar surface area (TPSA) is 50.2 Å².